The molecular formula is C14H23N3O2. The van der Waals surface area contributed by atoms with Gasteiger partial charge in [-0.3, -0.25) is 4.90 Å². The highest BCUT2D eigenvalue weighted by Crippen LogP contribution is 2.38. The molecule has 2 fully saturated rings. The molecule has 0 amide bonds. The fourth-order valence-electron chi connectivity index (χ4n) is 2.86. The number of likely N-dealkylation sites (tertiary alicyclic amines) is 1. The van der Waals surface area contributed by atoms with Gasteiger partial charge in [0.05, 0.1) is 6.54 Å². The van der Waals surface area contributed by atoms with Crippen LogP contribution in [0.15, 0.2) is 4.52 Å². The van der Waals surface area contributed by atoms with Crippen molar-refractivity contribution in [3.63, 3.8) is 0 Å². The van der Waals surface area contributed by atoms with Crippen molar-refractivity contribution in [2.75, 3.05) is 20.3 Å². The second-order valence-corrected chi connectivity index (χ2v) is 5.72. The molecule has 2 aliphatic rings. The molecule has 5 heteroatoms. The van der Waals surface area contributed by atoms with Crippen molar-refractivity contribution < 1.29 is 9.26 Å². The van der Waals surface area contributed by atoms with Gasteiger partial charge in [0.1, 0.15) is 0 Å². The molecule has 3 rings (SSSR count). The van der Waals surface area contributed by atoms with Gasteiger partial charge in [0.25, 0.3) is 0 Å². The summed E-state index contributed by atoms with van der Waals surface area (Å²) < 4.78 is 10.6. The van der Waals surface area contributed by atoms with Crippen LogP contribution in [0.25, 0.3) is 0 Å². The van der Waals surface area contributed by atoms with Crippen LogP contribution in [0.1, 0.15) is 56.2 Å². The summed E-state index contributed by atoms with van der Waals surface area (Å²) in [6.45, 7) is 2.77. The number of hydrogen-bond acceptors (Lipinski definition) is 5. The van der Waals surface area contributed by atoms with Gasteiger partial charge in [0.2, 0.25) is 5.89 Å². The Morgan fingerprint density at radius 1 is 1.32 bits per heavy atom. The Labute approximate surface area is 114 Å². The third kappa shape index (κ3) is 3.34. The summed E-state index contributed by atoms with van der Waals surface area (Å²) in [5, 5.41) is 4.09. The maximum Gasteiger partial charge on any atom is 0.240 e. The number of methoxy groups -OCH3 is 1. The topological polar surface area (TPSA) is 51.4 Å². The fraction of sp³-hybridized carbons (Fsp3) is 0.857. The number of rotatable bonds is 6. The van der Waals surface area contributed by atoms with E-state index >= 15 is 0 Å². The van der Waals surface area contributed by atoms with E-state index in [0.717, 1.165) is 37.8 Å². The van der Waals surface area contributed by atoms with Gasteiger partial charge in [-0.15, -0.1) is 0 Å². The summed E-state index contributed by atoms with van der Waals surface area (Å²) in [7, 11) is 1.77. The normalized spacial score (nSPS) is 24.8. The summed E-state index contributed by atoms with van der Waals surface area (Å²) in [6, 6.07) is 0.602. The van der Waals surface area contributed by atoms with Crippen LogP contribution in [0.2, 0.25) is 0 Å². The lowest BCUT2D eigenvalue weighted by atomic mass is 10.00. The summed E-state index contributed by atoms with van der Waals surface area (Å²) in [5.41, 5.74) is 0. The van der Waals surface area contributed by atoms with E-state index in [1.807, 2.05) is 0 Å². The minimum absolute atomic E-state index is 0.572. The fourth-order valence-corrected chi connectivity index (χ4v) is 2.86. The molecule has 0 unspecified atom stereocenters. The standard InChI is InChI=1S/C14H23N3O2/c1-18-9-7-12-4-2-3-8-17(12)10-13-15-14(16-19-13)11-5-6-11/h11-12H,2-10H2,1H3/t12-/m1/s1. The molecule has 0 radical (unpaired) electrons. The maximum absolute atomic E-state index is 5.39. The van der Waals surface area contributed by atoms with E-state index in [2.05, 4.69) is 15.0 Å². The van der Waals surface area contributed by atoms with Crippen LogP contribution < -0.4 is 0 Å². The van der Waals surface area contributed by atoms with Gasteiger partial charge < -0.3 is 9.26 Å². The summed E-state index contributed by atoms with van der Waals surface area (Å²) in [4.78, 5) is 7.01. The zero-order valence-corrected chi connectivity index (χ0v) is 11.7. The Kier molecular flexibility index (Phi) is 4.13. The van der Waals surface area contributed by atoms with Crippen LogP contribution in [-0.4, -0.2) is 41.3 Å². The predicted octanol–water partition coefficient (Wildman–Crippen LogP) is 2.34. The summed E-state index contributed by atoms with van der Waals surface area (Å²) in [5.74, 6) is 2.27. The lowest BCUT2D eigenvalue weighted by Gasteiger charge is -2.34. The lowest BCUT2D eigenvalue weighted by molar-refractivity contribution is 0.0882. The zero-order valence-electron chi connectivity index (χ0n) is 11.7. The molecule has 1 aromatic rings. The molecule has 1 aliphatic carbocycles. The number of ether oxygens (including phenoxy) is 1. The van der Waals surface area contributed by atoms with Crippen molar-refractivity contribution >= 4 is 0 Å². The van der Waals surface area contributed by atoms with E-state index in [-0.39, 0.29) is 0 Å². The van der Waals surface area contributed by atoms with Gasteiger partial charge in [0, 0.05) is 25.7 Å². The van der Waals surface area contributed by atoms with Gasteiger partial charge in [-0.05, 0) is 38.6 Å². The molecule has 19 heavy (non-hydrogen) atoms. The Balaban J connectivity index is 1.58. The van der Waals surface area contributed by atoms with Crippen LogP contribution in [0, 0.1) is 0 Å². The third-order valence-corrected chi connectivity index (χ3v) is 4.17. The molecule has 1 atom stereocenters. The number of nitrogens with zero attached hydrogens (tertiary/aromatic N) is 3. The van der Waals surface area contributed by atoms with Gasteiger partial charge in [-0.1, -0.05) is 11.6 Å². The van der Waals surface area contributed by atoms with E-state index in [1.54, 1.807) is 7.11 Å². The van der Waals surface area contributed by atoms with Crippen LogP contribution in [0.5, 0.6) is 0 Å². The van der Waals surface area contributed by atoms with Crippen LogP contribution in [-0.2, 0) is 11.3 Å². The highest BCUT2D eigenvalue weighted by molar-refractivity contribution is 5.03. The molecule has 5 nitrogen and oxygen atoms in total. The highest BCUT2D eigenvalue weighted by Gasteiger charge is 2.30. The van der Waals surface area contributed by atoms with Crippen molar-refractivity contribution in [2.24, 2.45) is 0 Å². The van der Waals surface area contributed by atoms with Crippen molar-refractivity contribution in [3.8, 4) is 0 Å². The first-order valence-corrected chi connectivity index (χ1v) is 7.42. The van der Waals surface area contributed by atoms with Gasteiger partial charge in [-0.2, -0.15) is 4.98 Å². The van der Waals surface area contributed by atoms with Crippen LogP contribution >= 0.6 is 0 Å². The number of aromatic nitrogens is 2. The van der Waals surface area contributed by atoms with Gasteiger partial charge >= 0.3 is 0 Å². The monoisotopic (exact) mass is 265 g/mol. The molecule has 0 N–H and O–H groups in total. The Morgan fingerprint density at radius 2 is 2.21 bits per heavy atom. The first-order valence-electron chi connectivity index (χ1n) is 7.42. The van der Waals surface area contributed by atoms with E-state index in [1.165, 1.54) is 32.1 Å². The molecule has 1 saturated carbocycles. The number of hydrogen-bond donors (Lipinski definition) is 0. The van der Waals surface area contributed by atoms with Crippen molar-refractivity contribution in [3.05, 3.63) is 11.7 Å². The molecule has 0 aromatic carbocycles. The smallest absolute Gasteiger partial charge is 0.240 e. The quantitative estimate of drug-likeness (QED) is 0.790. The Bertz CT molecular complexity index is 403. The molecule has 2 heterocycles. The van der Waals surface area contributed by atoms with E-state index in [0.29, 0.717) is 12.0 Å². The molecule has 0 spiro atoms. The molecule has 1 aliphatic heterocycles. The average Bonchev–Trinajstić information content (AvgIpc) is 3.19. The lowest BCUT2D eigenvalue weighted by Crippen LogP contribution is -2.39. The minimum Gasteiger partial charge on any atom is -0.385 e. The third-order valence-electron chi connectivity index (χ3n) is 4.17. The van der Waals surface area contributed by atoms with Crippen LogP contribution in [0.3, 0.4) is 0 Å². The minimum atomic E-state index is 0.572. The average molecular weight is 265 g/mol. The van der Waals surface area contributed by atoms with Crippen LogP contribution in [0.4, 0.5) is 0 Å². The van der Waals surface area contributed by atoms with E-state index in [4.69, 9.17) is 9.26 Å². The second-order valence-electron chi connectivity index (χ2n) is 5.72. The highest BCUT2D eigenvalue weighted by atomic mass is 16.5. The number of piperidine rings is 1. The zero-order chi connectivity index (χ0) is 13.1. The molecule has 0 bridgehead atoms. The van der Waals surface area contributed by atoms with Crippen molar-refractivity contribution in [1.29, 1.82) is 0 Å². The molecular weight excluding hydrogens is 242 g/mol. The Hall–Kier alpha value is -0.940. The predicted molar refractivity (Wildman–Crippen MR) is 70.8 cm³/mol. The van der Waals surface area contributed by atoms with E-state index in [9.17, 15) is 0 Å². The second kappa shape index (κ2) is 6.01. The molecule has 1 aromatic heterocycles. The van der Waals surface area contributed by atoms with Crippen molar-refractivity contribution in [1.82, 2.24) is 15.0 Å². The van der Waals surface area contributed by atoms with E-state index < -0.39 is 0 Å². The Morgan fingerprint density at radius 3 is 3.00 bits per heavy atom. The maximum atomic E-state index is 5.39. The largest absolute Gasteiger partial charge is 0.385 e. The van der Waals surface area contributed by atoms with Crippen molar-refractivity contribution in [2.45, 2.75) is 57.0 Å². The summed E-state index contributed by atoms with van der Waals surface area (Å²) in [6.07, 6.45) is 7.39. The molecule has 1 saturated heterocycles. The summed E-state index contributed by atoms with van der Waals surface area (Å²) >= 11 is 0. The van der Waals surface area contributed by atoms with Gasteiger partial charge in [0.15, 0.2) is 5.82 Å². The first-order chi connectivity index (χ1) is 9.36. The van der Waals surface area contributed by atoms with Gasteiger partial charge in [-0.25, -0.2) is 0 Å². The SMILES string of the molecule is COCC[C@H]1CCCCN1Cc1nc(C2CC2)no1. The molecule has 106 valence electrons. The first kappa shape index (κ1) is 13.1.